The predicted molar refractivity (Wildman–Crippen MR) is 124 cm³/mol. The summed E-state index contributed by atoms with van der Waals surface area (Å²) in [6.07, 6.45) is -0.846. The van der Waals surface area contributed by atoms with Crippen molar-refractivity contribution in [1.82, 2.24) is 10.2 Å². The number of carbonyl (C=O) groups excluding carboxylic acids is 1. The second-order valence-corrected chi connectivity index (χ2v) is 9.68. The molecule has 2 aromatic rings. The fourth-order valence-electron chi connectivity index (χ4n) is 4.20. The van der Waals surface area contributed by atoms with Crippen molar-refractivity contribution in [3.63, 3.8) is 0 Å². The van der Waals surface area contributed by atoms with Crippen molar-refractivity contribution in [2.45, 2.75) is 31.4 Å². The highest BCUT2D eigenvalue weighted by atomic mass is 35.5. The fourth-order valence-corrected chi connectivity index (χ4v) is 5.32. The quantitative estimate of drug-likeness (QED) is 0.548. The van der Waals surface area contributed by atoms with Gasteiger partial charge < -0.3 is 15.2 Å². The number of hydrogen-bond donors (Lipinski definition) is 2. The van der Waals surface area contributed by atoms with Gasteiger partial charge in [0.15, 0.2) is 0 Å². The minimum absolute atomic E-state index is 0.0132. The van der Waals surface area contributed by atoms with Gasteiger partial charge in [-0.15, -0.1) is 11.3 Å². The number of esters is 1. The number of alkyl halides is 2. The Morgan fingerprint density at radius 2 is 2.11 bits per heavy atom. The molecule has 0 spiro atoms. The highest BCUT2D eigenvalue weighted by Gasteiger charge is 2.49. The lowest BCUT2D eigenvalue weighted by molar-refractivity contribution is -0.142. The number of methoxy groups -OCH3 is 1. The molecule has 1 aromatic heterocycles. The number of aryl methyl sites for hydroxylation is 1. The van der Waals surface area contributed by atoms with Crippen LogP contribution < -0.4 is 5.32 Å². The Bertz CT molecular complexity index is 1250. The van der Waals surface area contributed by atoms with Gasteiger partial charge in [0.1, 0.15) is 23.7 Å². The standard InChI is InChI=1S/C23H21ClF3N3O4S/c1-11-5-17(35-9-11)20-28-15(8-30-10-23(26,27)7-16(30)21(31)32)18(22(33)34-2)19(29-20)13-4-3-12(25)6-14(13)24/h3-6,9,16,19H,7-8,10H2,1-2H3,(H,28,29)(H,31,32)/t16-,19-/m0/s1. The minimum atomic E-state index is -3.20. The molecule has 0 saturated carbocycles. The Labute approximate surface area is 207 Å². The van der Waals surface area contributed by atoms with Gasteiger partial charge in [0.2, 0.25) is 0 Å². The molecule has 2 aliphatic heterocycles. The topological polar surface area (TPSA) is 91.2 Å². The number of likely N-dealkylation sites (tertiary alicyclic amines) is 1. The second kappa shape index (κ2) is 9.63. The number of carboxylic acids is 1. The van der Waals surface area contributed by atoms with E-state index in [0.29, 0.717) is 16.3 Å². The Hall–Kier alpha value is -2.89. The third-order valence-corrected chi connectivity index (χ3v) is 7.15. The van der Waals surface area contributed by atoms with Gasteiger partial charge in [-0.2, -0.15) is 0 Å². The van der Waals surface area contributed by atoms with Crippen molar-refractivity contribution in [3.05, 3.63) is 67.8 Å². The molecular weight excluding hydrogens is 507 g/mol. The van der Waals surface area contributed by atoms with Crippen molar-refractivity contribution >= 4 is 40.7 Å². The monoisotopic (exact) mass is 527 g/mol. The third kappa shape index (κ3) is 5.21. The van der Waals surface area contributed by atoms with E-state index in [1.54, 1.807) is 0 Å². The first-order valence-corrected chi connectivity index (χ1v) is 11.8. The number of benzene rings is 1. The van der Waals surface area contributed by atoms with E-state index in [-0.39, 0.29) is 22.8 Å². The van der Waals surface area contributed by atoms with Crippen LogP contribution in [-0.4, -0.2) is 59.9 Å². The molecule has 0 aliphatic carbocycles. The zero-order chi connectivity index (χ0) is 25.5. The van der Waals surface area contributed by atoms with Crippen LogP contribution in [0.1, 0.15) is 28.5 Å². The van der Waals surface area contributed by atoms with Crippen LogP contribution in [0.4, 0.5) is 13.2 Å². The van der Waals surface area contributed by atoms with E-state index in [4.69, 9.17) is 16.3 Å². The number of carboxylic acid groups (broad SMARTS) is 1. The number of nitrogens with zero attached hydrogens (tertiary/aromatic N) is 2. The molecule has 1 saturated heterocycles. The molecule has 35 heavy (non-hydrogen) atoms. The highest BCUT2D eigenvalue weighted by Crippen LogP contribution is 2.38. The van der Waals surface area contributed by atoms with Gasteiger partial charge in [0, 0.05) is 29.2 Å². The maximum absolute atomic E-state index is 14.1. The smallest absolute Gasteiger partial charge is 0.338 e. The maximum Gasteiger partial charge on any atom is 0.338 e. The summed E-state index contributed by atoms with van der Waals surface area (Å²) in [7, 11) is 1.15. The molecule has 0 radical (unpaired) electrons. The molecule has 12 heteroatoms. The number of nitrogens with one attached hydrogen (secondary N) is 1. The maximum atomic E-state index is 14.1. The van der Waals surface area contributed by atoms with Crippen molar-refractivity contribution in [2.24, 2.45) is 4.99 Å². The van der Waals surface area contributed by atoms with Gasteiger partial charge >= 0.3 is 11.9 Å². The summed E-state index contributed by atoms with van der Waals surface area (Å²) in [4.78, 5) is 31.1. The molecule has 1 fully saturated rings. The lowest BCUT2D eigenvalue weighted by atomic mass is 9.95. The predicted octanol–water partition coefficient (Wildman–Crippen LogP) is 4.16. The lowest BCUT2D eigenvalue weighted by Crippen LogP contribution is -2.43. The normalized spacial score (nSPS) is 22.1. The van der Waals surface area contributed by atoms with E-state index < -0.39 is 48.7 Å². The zero-order valence-electron chi connectivity index (χ0n) is 18.6. The van der Waals surface area contributed by atoms with Gasteiger partial charge in [-0.1, -0.05) is 17.7 Å². The largest absolute Gasteiger partial charge is 0.480 e. The van der Waals surface area contributed by atoms with E-state index in [0.717, 1.165) is 23.6 Å². The molecule has 2 aliphatic rings. The van der Waals surface area contributed by atoms with Crippen LogP contribution in [0.3, 0.4) is 0 Å². The number of rotatable bonds is 6. The number of amidine groups is 1. The van der Waals surface area contributed by atoms with E-state index in [1.165, 1.54) is 23.5 Å². The second-order valence-electron chi connectivity index (χ2n) is 8.36. The SMILES string of the molecule is COC(=O)C1=C(CN2CC(F)(F)C[C@H]2C(=O)O)NC(c2cc(C)cs2)=N[C@H]1c1ccc(F)cc1Cl. The number of ether oxygens (including phenoxy) is 1. The summed E-state index contributed by atoms with van der Waals surface area (Å²) in [6, 6.07) is 3.00. The van der Waals surface area contributed by atoms with E-state index in [2.05, 4.69) is 10.3 Å². The van der Waals surface area contributed by atoms with Crippen LogP contribution in [0.25, 0.3) is 0 Å². The lowest BCUT2D eigenvalue weighted by Gasteiger charge is -2.30. The zero-order valence-corrected chi connectivity index (χ0v) is 20.2. The molecule has 1 aromatic carbocycles. The van der Waals surface area contributed by atoms with Gasteiger partial charge in [-0.05, 0) is 36.1 Å². The molecule has 2 N–H and O–H groups in total. The molecule has 0 bridgehead atoms. The van der Waals surface area contributed by atoms with Gasteiger partial charge in [0.25, 0.3) is 5.92 Å². The Balaban J connectivity index is 1.85. The number of aliphatic carboxylic acids is 1. The van der Waals surface area contributed by atoms with Crippen LogP contribution in [0.15, 0.2) is 45.9 Å². The first kappa shape index (κ1) is 25.2. The third-order valence-electron chi connectivity index (χ3n) is 5.77. The molecular formula is C23H21ClF3N3O4S. The summed E-state index contributed by atoms with van der Waals surface area (Å²) in [5.41, 5.74) is 1.39. The van der Waals surface area contributed by atoms with Gasteiger partial charge in [-0.25, -0.2) is 18.0 Å². The molecule has 3 heterocycles. The number of carbonyl (C=O) groups is 2. The molecule has 2 atom stereocenters. The number of aliphatic imine (C=N–C) groups is 1. The summed E-state index contributed by atoms with van der Waals surface area (Å²) in [6.45, 7) is 0.782. The van der Waals surface area contributed by atoms with E-state index >= 15 is 0 Å². The Kier molecular flexibility index (Phi) is 6.94. The Morgan fingerprint density at radius 3 is 2.71 bits per heavy atom. The molecule has 7 nitrogen and oxygen atoms in total. The first-order valence-electron chi connectivity index (χ1n) is 10.5. The van der Waals surface area contributed by atoms with Crippen LogP contribution in [0.5, 0.6) is 0 Å². The first-order chi connectivity index (χ1) is 16.5. The van der Waals surface area contributed by atoms with Crippen molar-refractivity contribution in [1.29, 1.82) is 0 Å². The Morgan fingerprint density at radius 1 is 1.37 bits per heavy atom. The summed E-state index contributed by atoms with van der Waals surface area (Å²) in [5.74, 6) is -5.64. The molecule has 0 unspecified atom stereocenters. The molecule has 0 amide bonds. The number of hydrogen-bond acceptors (Lipinski definition) is 7. The summed E-state index contributed by atoms with van der Waals surface area (Å²) in [5, 5.41) is 14.5. The minimum Gasteiger partial charge on any atom is -0.480 e. The van der Waals surface area contributed by atoms with Gasteiger partial charge in [0.05, 0.1) is 24.1 Å². The average molecular weight is 528 g/mol. The van der Waals surface area contributed by atoms with Crippen molar-refractivity contribution in [3.8, 4) is 0 Å². The summed E-state index contributed by atoms with van der Waals surface area (Å²) < 4.78 is 47.0. The number of halogens is 4. The fraction of sp³-hybridized carbons (Fsp3) is 0.348. The molecule has 4 rings (SSSR count). The van der Waals surface area contributed by atoms with Crippen LogP contribution >= 0.6 is 22.9 Å². The average Bonchev–Trinajstić information content (AvgIpc) is 3.35. The van der Waals surface area contributed by atoms with Crippen molar-refractivity contribution in [2.75, 3.05) is 20.2 Å². The molecule has 186 valence electrons. The van der Waals surface area contributed by atoms with E-state index in [9.17, 15) is 27.9 Å². The van der Waals surface area contributed by atoms with Crippen LogP contribution in [0, 0.1) is 12.7 Å². The highest BCUT2D eigenvalue weighted by molar-refractivity contribution is 7.12. The van der Waals surface area contributed by atoms with Crippen molar-refractivity contribution < 1.29 is 32.6 Å². The van der Waals surface area contributed by atoms with E-state index in [1.807, 2.05) is 18.4 Å². The van der Waals surface area contributed by atoms with Gasteiger partial charge in [-0.3, -0.25) is 14.7 Å². The number of thiophene rings is 1. The summed E-state index contributed by atoms with van der Waals surface area (Å²) >= 11 is 7.68. The van der Waals surface area contributed by atoms with Crippen LogP contribution in [-0.2, 0) is 14.3 Å². The van der Waals surface area contributed by atoms with Crippen LogP contribution in [0.2, 0.25) is 5.02 Å².